The van der Waals surface area contributed by atoms with Crippen LogP contribution < -0.4 is 0 Å². The standard InChI is InChI=1S/C10H18/c1-9-5-3-4-6-10(2)8-7-9/h3,5,9-10H,4,6-8H2,1-2H3/b5-3+. The monoisotopic (exact) mass is 138 g/mol. The Labute approximate surface area is 64.3 Å². The molecule has 0 bridgehead atoms. The summed E-state index contributed by atoms with van der Waals surface area (Å²) < 4.78 is 0. The molecule has 0 saturated heterocycles. The van der Waals surface area contributed by atoms with Gasteiger partial charge in [-0.25, -0.2) is 0 Å². The van der Waals surface area contributed by atoms with Crippen LogP contribution in [-0.2, 0) is 0 Å². The summed E-state index contributed by atoms with van der Waals surface area (Å²) in [4.78, 5) is 0. The maximum atomic E-state index is 2.37. The molecule has 0 heterocycles. The van der Waals surface area contributed by atoms with Crippen LogP contribution in [0.5, 0.6) is 0 Å². The van der Waals surface area contributed by atoms with E-state index in [1.54, 1.807) is 0 Å². The van der Waals surface area contributed by atoms with Crippen molar-refractivity contribution in [2.75, 3.05) is 0 Å². The van der Waals surface area contributed by atoms with Gasteiger partial charge in [0.2, 0.25) is 0 Å². The fraction of sp³-hybridized carbons (Fsp3) is 0.800. The number of hydrogen-bond acceptors (Lipinski definition) is 0. The molecule has 0 aromatic heterocycles. The summed E-state index contributed by atoms with van der Waals surface area (Å²) in [7, 11) is 0. The van der Waals surface area contributed by atoms with Gasteiger partial charge in [-0.15, -0.1) is 0 Å². The third-order valence-corrected chi connectivity index (χ3v) is 2.41. The largest absolute Gasteiger partial charge is 0.0883 e. The first-order valence-electron chi connectivity index (χ1n) is 4.45. The van der Waals surface area contributed by atoms with Gasteiger partial charge in [0.1, 0.15) is 0 Å². The molecule has 0 heteroatoms. The van der Waals surface area contributed by atoms with Gasteiger partial charge in [-0.3, -0.25) is 0 Å². The van der Waals surface area contributed by atoms with Crippen LogP contribution in [0.4, 0.5) is 0 Å². The highest BCUT2D eigenvalue weighted by Gasteiger charge is 2.06. The second kappa shape index (κ2) is 3.80. The molecule has 0 nitrogen and oxygen atoms in total. The van der Waals surface area contributed by atoms with Crippen molar-refractivity contribution in [3.63, 3.8) is 0 Å². The molecule has 2 unspecified atom stereocenters. The Kier molecular flexibility index (Phi) is 2.98. The van der Waals surface area contributed by atoms with Gasteiger partial charge in [-0.05, 0) is 31.1 Å². The van der Waals surface area contributed by atoms with Crippen molar-refractivity contribution in [2.45, 2.75) is 39.5 Å². The minimum atomic E-state index is 0.822. The van der Waals surface area contributed by atoms with Crippen LogP contribution in [0.1, 0.15) is 39.5 Å². The normalized spacial score (nSPS) is 38.2. The second-order valence-electron chi connectivity index (χ2n) is 3.67. The van der Waals surface area contributed by atoms with Crippen LogP contribution in [-0.4, -0.2) is 0 Å². The van der Waals surface area contributed by atoms with Crippen molar-refractivity contribution < 1.29 is 0 Å². The van der Waals surface area contributed by atoms with Crippen molar-refractivity contribution in [1.82, 2.24) is 0 Å². The first-order chi connectivity index (χ1) is 4.79. The highest BCUT2D eigenvalue weighted by molar-refractivity contribution is 4.88. The predicted molar refractivity (Wildman–Crippen MR) is 45.9 cm³/mol. The van der Waals surface area contributed by atoms with Gasteiger partial charge in [0, 0.05) is 0 Å². The van der Waals surface area contributed by atoms with Crippen molar-refractivity contribution in [2.24, 2.45) is 11.8 Å². The van der Waals surface area contributed by atoms with E-state index in [4.69, 9.17) is 0 Å². The zero-order valence-corrected chi connectivity index (χ0v) is 7.14. The zero-order chi connectivity index (χ0) is 7.40. The topological polar surface area (TPSA) is 0 Å². The van der Waals surface area contributed by atoms with Gasteiger partial charge >= 0.3 is 0 Å². The van der Waals surface area contributed by atoms with E-state index in [0.29, 0.717) is 0 Å². The average molecular weight is 138 g/mol. The molecule has 2 atom stereocenters. The smallest absolute Gasteiger partial charge is 0.0262 e. The van der Waals surface area contributed by atoms with Crippen molar-refractivity contribution in [1.29, 1.82) is 0 Å². The molecule has 0 aliphatic heterocycles. The van der Waals surface area contributed by atoms with Gasteiger partial charge in [0.05, 0.1) is 0 Å². The average Bonchev–Trinajstić information content (AvgIpc) is 1.90. The third-order valence-electron chi connectivity index (χ3n) is 2.41. The van der Waals surface area contributed by atoms with E-state index in [9.17, 15) is 0 Å². The molecule has 1 rings (SSSR count). The van der Waals surface area contributed by atoms with Crippen LogP contribution in [0, 0.1) is 11.8 Å². The lowest BCUT2D eigenvalue weighted by molar-refractivity contribution is 0.436. The summed E-state index contributed by atoms with van der Waals surface area (Å²) in [5.74, 6) is 1.77. The molecule has 0 fully saturated rings. The summed E-state index contributed by atoms with van der Waals surface area (Å²) in [6.07, 6.45) is 10.2. The lowest BCUT2D eigenvalue weighted by Gasteiger charge is -2.15. The van der Waals surface area contributed by atoms with Crippen molar-refractivity contribution in [3.8, 4) is 0 Å². The maximum absolute atomic E-state index is 2.37. The van der Waals surface area contributed by atoms with Gasteiger partial charge in [0.15, 0.2) is 0 Å². The Morgan fingerprint density at radius 2 is 1.90 bits per heavy atom. The summed E-state index contributed by atoms with van der Waals surface area (Å²) in [6, 6.07) is 0. The quantitative estimate of drug-likeness (QED) is 0.450. The summed E-state index contributed by atoms with van der Waals surface area (Å²) in [6.45, 7) is 4.68. The molecule has 0 N–H and O–H groups in total. The molecular formula is C10H18. The van der Waals surface area contributed by atoms with Gasteiger partial charge in [0.25, 0.3) is 0 Å². The summed E-state index contributed by atoms with van der Waals surface area (Å²) in [5, 5.41) is 0. The Morgan fingerprint density at radius 1 is 1.10 bits per heavy atom. The van der Waals surface area contributed by atoms with Crippen LogP contribution in [0.15, 0.2) is 12.2 Å². The molecule has 0 aromatic rings. The first kappa shape index (κ1) is 7.84. The second-order valence-corrected chi connectivity index (χ2v) is 3.67. The summed E-state index contributed by atoms with van der Waals surface area (Å²) >= 11 is 0. The molecule has 58 valence electrons. The Morgan fingerprint density at radius 3 is 2.70 bits per heavy atom. The summed E-state index contributed by atoms with van der Waals surface area (Å²) in [5.41, 5.74) is 0. The van der Waals surface area contributed by atoms with Crippen LogP contribution in [0.2, 0.25) is 0 Å². The third kappa shape index (κ3) is 2.55. The van der Waals surface area contributed by atoms with Gasteiger partial charge < -0.3 is 0 Å². The predicted octanol–water partition coefficient (Wildman–Crippen LogP) is 3.39. The van der Waals surface area contributed by atoms with Gasteiger partial charge in [-0.1, -0.05) is 32.4 Å². The van der Waals surface area contributed by atoms with E-state index in [0.717, 1.165) is 11.8 Å². The molecule has 0 spiro atoms. The Balaban J connectivity index is 2.38. The molecule has 10 heavy (non-hydrogen) atoms. The fourth-order valence-electron chi connectivity index (χ4n) is 1.50. The Bertz CT molecular complexity index is 113. The van der Waals surface area contributed by atoms with Gasteiger partial charge in [-0.2, -0.15) is 0 Å². The number of rotatable bonds is 0. The lowest BCUT2D eigenvalue weighted by atomic mass is 9.91. The van der Waals surface area contributed by atoms with E-state index < -0.39 is 0 Å². The molecule has 0 saturated carbocycles. The van der Waals surface area contributed by atoms with E-state index in [-0.39, 0.29) is 0 Å². The fourth-order valence-corrected chi connectivity index (χ4v) is 1.50. The molecule has 1 aliphatic rings. The highest BCUT2D eigenvalue weighted by Crippen LogP contribution is 2.20. The van der Waals surface area contributed by atoms with E-state index in [1.807, 2.05) is 0 Å². The Hall–Kier alpha value is -0.260. The zero-order valence-electron chi connectivity index (χ0n) is 7.14. The molecule has 0 radical (unpaired) electrons. The van der Waals surface area contributed by atoms with Crippen LogP contribution in [0.3, 0.4) is 0 Å². The number of hydrogen-bond donors (Lipinski definition) is 0. The molecule has 0 aromatic carbocycles. The van der Waals surface area contributed by atoms with E-state index in [1.165, 1.54) is 25.7 Å². The minimum absolute atomic E-state index is 0.822. The first-order valence-corrected chi connectivity index (χ1v) is 4.45. The number of allylic oxidation sites excluding steroid dienone is 2. The molecule has 0 amide bonds. The molecular weight excluding hydrogens is 120 g/mol. The highest BCUT2D eigenvalue weighted by atomic mass is 14.1. The molecule has 1 aliphatic carbocycles. The van der Waals surface area contributed by atoms with Crippen LogP contribution >= 0.6 is 0 Å². The van der Waals surface area contributed by atoms with E-state index >= 15 is 0 Å². The lowest BCUT2D eigenvalue weighted by Crippen LogP contribution is -2.00. The van der Waals surface area contributed by atoms with Crippen molar-refractivity contribution in [3.05, 3.63) is 12.2 Å². The SMILES string of the molecule is CC1/C=C/CCC(C)CC1. The minimum Gasteiger partial charge on any atom is -0.0883 e. The van der Waals surface area contributed by atoms with Crippen molar-refractivity contribution >= 4 is 0 Å². The van der Waals surface area contributed by atoms with E-state index in [2.05, 4.69) is 26.0 Å². The maximum Gasteiger partial charge on any atom is -0.0262 e. The van der Waals surface area contributed by atoms with Crippen LogP contribution in [0.25, 0.3) is 0 Å².